The summed E-state index contributed by atoms with van der Waals surface area (Å²) in [6.45, 7) is 0. The van der Waals surface area contributed by atoms with Crippen molar-refractivity contribution in [2.75, 3.05) is 0 Å². The van der Waals surface area contributed by atoms with Gasteiger partial charge < -0.3 is 4.74 Å². The molecule has 0 aliphatic heterocycles. The first kappa shape index (κ1) is 18.3. The Bertz CT molecular complexity index is 695. The SMILES string of the molecule is O=C(c1ccc(Cl)cc1)c1ccc(OC(F)(F)C(Cl)(Cl)Cl)cc1. The predicted octanol–water partition coefficient (Wildman–Crippen LogP) is 5.91. The second-order valence-electron chi connectivity index (χ2n) is 4.48. The van der Waals surface area contributed by atoms with Crippen LogP contribution in [0.1, 0.15) is 15.9 Å². The molecule has 2 aromatic rings. The number of alkyl halides is 5. The molecule has 0 atom stereocenters. The van der Waals surface area contributed by atoms with Crippen LogP contribution in [0.25, 0.3) is 0 Å². The van der Waals surface area contributed by atoms with Gasteiger partial charge in [0.15, 0.2) is 5.78 Å². The molecule has 23 heavy (non-hydrogen) atoms. The molecular formula is C15H8Cl4F2O2. The van der Waals surface area contributed by atoms with Crippen molar-refractivity contribution in [1.82, 2.24) is 0 Å². The average Bonchev–Trinajstić information content (AvgIpc) is 2.46. The highest BCUT2D eigenvalue weighted by molar-refractivity contribution is 6.68. The maximum atomic E-state index is 13.5. The van der Waals surface area contributed by atoms with Crippen molar-refractivity contribution in [2.45, 2.75) is 9.90 Å². The van der Waals surface area contributed by atoms with Crippen molar-refractivity contribution in [3.63, 3.8) is 0 Å². The molecule has 2 nitrogen and oxygen atoms in total. The lowest BCUT2D eigenvalue weighted by atomic mass is 10.0. The zero-order valence-electron chi connectivity index (χ0n) is 11.2. The molecule has 0 unspecified atom stereocenters. The third kappa shape index (κ3) is 4.48. The van der Waals surface area contributed by atoms with E-state index in [1.165, 1.54) is 24.3 Å². The number of carbonyl (C=O) groups excluding carboxylic acids is 1. The van der Waals surface area contributed by atoms with Crippen molar-refractivity contribution in [3.05, 3.63) is 64.7 Å². The molecule has 0 bridgehead atoms. The highest BCUT2D eigenvalue weighted by atomic mass is 35.6. The summed E-state index contributed by atoms with van der Waals surface area (Å²) in [7, 11) is 0. The van der Waals surface area contributed by atoms with Crippen LogP contribution in [0.2, 0.25) is 5.02 Å². The molecule has 2 rings (SSSR count). The number of hydrogen-bond acceptors (Lipinski definition) is 2. The van der Waals surface area contributed by atoms with Crippen molar-refractivity contribution in [2.24, 2.45) is 0 Å². The van der Waals surface area contributed by atoms with Gasteiger partial charge in [-0.15, -0.1) is 0 Å². The first-order valence-electron chi connectivity index (χ1n) is 6.14. The van der Waals surface area contributed by atoms with Gasteiger partial charge in [-0.05, 0) is 48.5 Å². The van der Waals surface area contributed by atoms with Crippen LogP contribution >= 0.6 is 46.4 Å². The third-order valence-corrected chi connectivity index (χ3v) is 3.71. The van der Waals surface area contributed by atoms with Crippen LogP contribution in [0.3, 0.4) is 0 Å². The van der Waals surface area contributed by atoms with Crippen LogP contribution in [-0.4, -0.2) is 15.7 Å². The number of hydrogen-bond donors (Lipinski definition) is 0. The summed E-state index contributed by atoms with van der Waals surface area (Å²) in [4.78, 5) is 12.2. The van der Waals surface area contributed by atoms with Gasteiger partial charge in [0.1, 0.15) is 5.75 Å². The molecule has 0 aliphatic rings. The topological polar surface area (TPSA) is 26.3 Å². The van der Waals surface area contributed by atoms with E-state index >= 15 is 0 Å². The summed E-state index contributed by atoms with van der Waals surface area (Å²) in [6.07, 6.45) is -4.01. The van der Waals surface area contributed by atoms with E-state index in [1.54, 1.807) is 24.3 Å². The summed E-state index contributed by atoms with van der Waals surface area (Å²) < 4.78 is 28.4. The number of carbonyl (C=O) groups is 1. The largest absolute Gasteiger partial charge is 0.446 e. The first-order chi connectivity index (χ1) is 10.6. The van der Waals surface area contributed by atoms with Gasteiger partial charge in [0.25, 0.3) is 3.79 Å². The van der Waals surface area contributed by atoms with Crippen molar-refractivity contribution in [3.8, 4) is 5.75 Å². The Morgan fingerprint density at radius 2 is 1.30 bits per heavy atom. The summed E-state index contributed by atoms with van der Waals surface area (Å²) >= 11 is 21.2. The van der Waals surface area contributed by atoms with Crippen LogP contribution in [0.5, 0.6) is 5.75 Å². The van der Waals surface area contributed by atoms with E-state index in [9.17, 15) is 13.6 Å². The van der Waals surface area contributed by atoms with Gasteiger partial charge in [-0.1, -0.05) is 46.4 Å². The fourth-order valence-corrected chi connectivity index (χ4v) is 1.89. The van der Waals surface area contributed by atoms with Crippen molar-refractivity contribution in [1.29, 1.82) is 0 Å². The molecule has 0 saturated heterocycles. The van der Waals surface area contributed by atoms with Crippen molar-refractivity contribution < 1.29 is 18.3 Å². The Labute approximate surface area is 150 Å². The van der Waals surface area contributed by atoms with E-state index in [4.69, 9.17) is 46.4 Å². The van der Waals surface area contributed by atoms with E-state index in [0.717, 1.165) is 0 Å². The fraction of sp³-hybridized carbons (Fsp3) is 0.133. The molecule has 0 spiro atoms. The highest BCUT2D eigenvalue weighted by Gasteiger charge is 2.53. The van der Waals surface area contributed by atoms with Crippen LogP contribution in [0.15, 0.2) is 48.5 Å². The lowest BCUT2D eigenvalue weighted by molar-refractivity contribution is -0.171. The quantitative estimate of drug-likeness (QED) is 0.471. The molecule has 0 heterocycles. The standard InChI is InChI=1S/C15H8Cl4F2O2/c16-11-5-1-9(2-6-11)13(22)10-3-7-12(8-4-10)23-15(20,21)14(17,18)19/h1-8H. The molecule has 122 valence electrons. The van der Waals surface area contributed by atoms with E-state index in [-0.39, 0.29) is 17.1 Å². The fourth-order valence-electron chi connectivity index (χ4n) is 1.65. The van der Waals surface area contributed by atoms with Gasteiger partial charge in [0.05, 0.1) is 0 Å². The van der Waals surface area contributed by atoms with E-state index in [2.05, 4.69) is 4.74 Å². The van der Waals surface area contributed by atoms with Gasteiger partial charge >= 0.3 is 6.11 Å². The molecule has 0 amide bonds. The lowest BCUT2D eigenvalue weighted by Crippen LogP contribution is -2.39. The van der Waals surface area contributed by atoms with Gasteiger partial charge in [-0.3, -0.25) is 4.79 Å². The Morgan fingerprint density at radius 3 is 1.74 bits per heavy atom. The predicted molar refractivity (Wildman–Crippen MR) is 87.2 cm³/mol. The Hall–Kier alpha value is -1.07. The summed E-state index contributed by atoms with van der Waals surface area (Å²) in [5.74, 6) is -0.532. The Balaban J connectivity index is 2.16. The smallest absolute Gasteiger partial charge is 0.429 e. The summed E-state index contributed by atoms with van der Waals surface area (Å²) in [5.41, 5.74) is 0.701. The number of benzene rings is 2. The maximum absolute atomic E-state index is 13.5. The monoisotopic (exact) mass is 398 g/mol. The van der Waals surface area contributed by atoms with E-state index in [0.29, 0.717) is 10.6 Å². The minimum Gasteiger partial charge on any atom is -0.429 e. The lowest BCUT2D eigenvalue weighted by Gasteiger charge is -2.24. The highest BCUT2D eigenvalue weighted by Crippen LogP contribution is 2.43. The second kappa shape index (κ2) is 6.81. The van der Waals surface area contributed by atoms with Crippen LogP contribution in [0, 0.1) is 0 Å². The summed E-state index contributed by atoms with van der Waals surface area (Å²) in [6, 6.07) is 11.3. The minimum absolute atomic E-state index is 0.242. The van der Waals surface area contributed by atoms with Gasteiger partial charge in [0, 0.05) is 16.1 Å². The zero-order chi connectivity index (χ0) is 17.3. The Morgan fingerprint density at radius 1 is 0.870 bits per heavy atom. The zero-order valence-corrected chi connectivity index (χ0v) is 14.2. The van der Waals surface area contributed by atoms with Crippen LogP contribution < -0.4 is 4.74 Å². The van der Waals surface area contributed by atoms with E-state index < -0.39 is 9.90 Å². The first-order valence-corrected chi connectivity index (χ1v) is 7.65. The van der Waals surface area contributed by atoms with Crippen LogP contribution in [0.4, 0.5) is 8.78 Å². The number of ether oxygens (including phenoxy) is 1. The third-order valence-electron chi connectivity index (χ3n) is 2.80. The number of ketones is 1. The summed E-state index contributed by atoms with van der Waals surface area (Å²) in [5, 5.41) is 0.499. The molecule has 0 aromatic heterocycles. The Kier molecular flexibility index (Phi) is 5.41. The van der Waals surface area contributed by atoms with E-state index in [1.807, 2.05) is 0 Å². The number of rotatable bonds is 4. The molecule has 8 heteroatoms. The van der Waals surface area contributed by atoms with Crippen LogP contribution in [-0.2, 0) is 0 Å². The second-order valence-corrected chi connectivity index (χ2v) is 7.19. The average molecular weight is 400 g/mol. The molecular weight excluding hydrogens is 392 g/mol. The molecule has 0 fully saturated rings. The van der Waals surface area contributed by atoms with Gasteiger partial charge in [0.2, 0.25) is 0 Å². The molecule has 0 radical (unpaired) electrons. The molecule has 0 aliphatic carbocycles. The normalized spacial score (nSPS) is 12.1. The molecule has 0 saturated carbocycles. The van der Waals surface area contributed by atoms with Gasteiger partial charge in [-0.25, -0.2) is 0 Å². The minimum atomic E-state index is -4.01. The molecule has 2 aromatic carbocycles. The maximum Gasteiger partial charge on any atom is 0.446 e. The van der Waals surface area contributed by atoms with Crippen molar-refractivity contribution >= 4 is 52.2 Å². The van der Waals surface area contributed by atoms with Gasteiger partial charge in [-0.2, -0.15) is 8.78 Å². The molecule has 0 N–H and O–H groups in total. The number of halogens is 6.